The first-order valence-electron chi connectivity index (χ1n) is 5.64. The van der Waals surface area contributed by atoms with E-state index in [1.807, 2.05) is 0 Å². The molecule has 5 nitrogen and oxygen atoms in total. The monoisotopic (exact) mass is 347 g/mol. The fourth-order valence-corrected chi connectivity index (χ4v) is 3.16. The molecule has 1 aliphatic heterocycles. The van der Waals surface area contributed by atoms with Crippen molar-refractivity contribution in [3.63, 3.8) is 0 Å². The Balaban J connectivity index is 2.26. The van der Waals surface area contributed by atoms with Gasteiger partial charge in [-0.1, -0.05) is 15.9 Å². The summed E-state index contributed by atoms with van der Waals surface area (Å²) >= 11 is 3.23. The Morgan fingerprint density at radius 1 is 1.37 bits per heavy atom. The number of rotatable bonds is 3. The van der Waals surface area contributed by atoms with E-state index in [1.165, 1.54) is 12.1 Å². The number of amides is 1. The minimum Gasteiger partial charge on any atom is -0.378 e. The second-order valence-electron chi connectivity index (χ2n) is 4.52. The molecule has 1 aliphatic rings. The van der Waals surface area contributed by atoms with E-state index in [2.05, 4.69) is 15.9 Å². The number of hydrogen-bond acceptors (Lipinski definition) is 4. The fourth-order valence-electron chi connectivity index (χ4n) is 1.84. The third-order valence-electron chi connectivity index (χ3n) is 3.01. The van der Waals surface area contributed by atoms with Crippen LogP contribution in [0.1, 0.15) is 10.4 Å². The minimum atomic E-state index is -3.34. The number of ether oxygens (including phenoxy) is 1. The van der Waals surface area contributed by atoms with Crippen LogP contribution in [-0.4, -0.2) is 51.8 Å². The Labute approximate surface area is 120 Å². The molecule has 1 aromatic rings. The van der Waals surface area contributed by atoms with Crippen molar-refractivity contribution in [2.75, 3.05) is 26.5 Å². The van der Waals surface area contributed by atoms with E-state index in [1.54, 1.807) is 18.1 Å². The maximum Gasteiger partial charge on any atom is 0.254 e. The van der Waals surface area contributed by atoms with Crippen molar-refractivity contribution in [2.45, 2.75) is 11.0 Å². The molecule has 0 aromatic heterocycles. The molecular formula is C12H14BrNO4S. The molecule has 1 saturated heterocycles. The SMILES string of the molecule is COC1CN(C(=O)c2cc(Br)cc(S(C)(=O)=O)c2)C1. The molecule has 2 rings (SSSR count). The van der Waals surface area contributed by atoms with Gasteiger partial charge in [0.15, 0.2) is 9.84 Å². The average molecular weight is 348 g/mol. The van der Waals surface area contributed by atoms with Crippen LogP contribution in [0.4, 0.5) is 0 Å². The molecule has 7 heteroatoms. The number of carbonyl (C=O) groups excluding carboxylic acids is 1. The number of halogens is 1. The van der Waals surface area contributed by atoms with Crippen LogP contribution >= 0.6 is 15.9 Å². The van der Waals surface area contributed by atoms with Crippen molar-refractivity contribution in [2.24, 2.45) is 0 Å². The van der Waals surface area contributed by atoms with Crippen molar-refractivity contribution in [3.05, 3.63) is 28.2 Å². The summed E-state index contributed by atoms with van der Waals surface area (Å²) in [4.78, 5) is 13.9. The first kappa shape index (κ1) is 14.5. The van der Waals surface area contributed by atoms with Gasteiger partial charge >= 0.3 is 0 Å². The van der Waals surface area contributed by atoms with E-state index in [0.29, 0.717) is 23.1 Å². The number of likely N-dealkylation sites (tertiary alicyclic amines) is 1. The highest BCUT2D eigenvalue weighted by atomic mass is 79.9. The first-order valence-corrected chi connectivity index (χ1v) is 8.32. The lowest BCUT2D eigenvalue weighted by molar-refractivity contribution is -0.0192. The van der Waals surface area contributed by atoms with Crippen LogP contribution in [0.25, 0.3) is 0 Å². The lowest BCUT2D eigenvalue weighted by Crippen LogP contribution is -2.54. The van der Waals surface area contributed by atoms with E-state index in [4.69, 9.17) is 4.74 Å². The van der Waals surface area contributed by atoms with Gasteiger partial charge in [0.1, 0.15) is 0 Å². The highest BCUT2D eigenvalue weighted by molar-refractivity contribution is 9.10. The standard InChI is InChI=1S/C12H14BrNO4S/c1-18-10-6-14(7-10)12(15)8-3-9(13)5-11(4-8)19(2,16)17/h3-5,10H,6-7H2,1-2H3. The summed E-state index contributed by atoms with van der Waals surface area (Å²) in [6.07, 6.45) is 1.19. The molecule has 0 unspecified atom stereocenters. The van der Waals surface area contributed by atoms with Crippen LogP contribution in [0.2, 0.25) is 0 Å². The molecule has 1 amide bonds. The molecule has 0 radical (unpaired) electrons. The number of nitrogens with zero attached hydrogens (tertiary/aromatic N) is 1. The van der Waals surface area contributed by atoms with Gasteiger partial charge in [-0.05, 0) is 18.2 Å². The molecular weight excluding hydrogens is 334 g/mol. The van der Waals surface area contributed by atoms with Gasteiger partial charge in [0.2, 0.25) is 0 Å². The van der Waals surface area contributed by atoms with Crippen molar-refractivity contribution >= 4 is 31.7 Å². The molecule has 104 valence electrons. The zero-order valence-electron chi connectivity index (χ0n) is 10.6. The van der Waals surface area contributed by atoms with E-state index in [-0.39, 0.29) is 16.9 Å². The molecule has 0 saturated carbocycles. The van der Waals surface area contributed by atoms with Crippen LogP contribution in [0.3, 0.4) is 0 Å². The first-order chi connectivity index (χ1) is 8.81. The molecule has 1 heterocycles. The molecule has 1 aromatic carbocycles. The summed E-state index contributed by atoms with van der Waals surface area (Å²) in [5.41, 5.74) is 0.365. The van der Waals surface area contributed by atoms with Gasteiger partial charge < -0.3 is 9.64 Å². The summed E-state index contributed by atoms with van der Waals surface area (Å²) < 4.78 is 28.8. The normalized spacial score (nSPS) is 16.3. The summed E-state index contributed by atoms with van der Waals surface area (Å²) in [5, 5.41) is 0. The number of carbonyl (C=O) groups is 1. The number of hydrogen-bond donors (Lipinski definition) is 0. The summed E-state index contributed by atoms with van der Waals surface area (Å²) in [5.74, 6) is -0.181. The highest BCUT2D eigenvalue weighted by Gasteiger charge is 2.31. The van der Waals surface area contributed by atoms with E-state index >= 15 is 0 Å². The second-order valence-corrected chi connectivity index (χ2v) is 7.45. The highest BCUT2D eigenvalue weighted by Crippen LogP contribution is 2.22. The van der Waals surface area contributed by atoms with Gasteiger partial charge in [0.25, 0.3) is 5.91 Å². The van der Waals surface area contributed by atoms with Crippen LogP contribution < -0.4 is 0 Å². The molecule has 0 spiro atoms. The van der Waals surface area contributed by atoms with E-state index in [9.17, 15) is 13.2 Å². The van der Waals surface area contributed by atoms with Crippen LogP contribution in [0.15, 0.2) is 27.6 Å². The predicted molar refractivity (Wildman–Crippen MR) is 74.0 cm³/mol. The van der Waals surface area contributed by atoms with E-state index in [0.717, 1.165) is 6.26 Å². The summed E-state index contributed by atoms with van der Waals surface area (Å²) in [6, 6.07) is 4.51. The van der Waals surface area contributed by atoms with Crippen LogP contribution in [-0.2, 0) is 14.6 Å². The van der Waals surface area contributed by atoms with Crippen molar-refractivity contribution < 1.29 is 17.9 Å². The molecule has 1 fully saturated rings. The van der Waals surface area contributed by atoms with Gasteiger partial charge in [-0.2, -0.15) is 0 Å². The number of sulfone groups is 1. The molecule has 0 N–H and O–H groups in total. The third-order valence-corrected chi connectivity index (χ3v) is 4.56. The predicted octanol–water partition coefficient (Wildman–Crippen LogP) is 1.32. The molecule has 0 aliphatic carbocycles. The smallest absolute Gasteiger partial charge is 0.254 e. The Kier molecular flexibility index (Phi) is 3.98. The summed E-state index contributed by atoms with van der Waals surface area (Å²) in [6.45, 7) is 1.08. The number of methoxy groups -OCH3 is 1. The lowest BCUT2D eigenvalue weighted by atomic mass is 10.1. The van der Waals surface area contributed by atoms with Gasteiger partial charge in [-0.3, -0.25) is 4.79 Å². The lowest BCUT2D eigenvalue weighted by Gasteiger charge is -2.38. The van der Waals surface area contributed by atoms with Gasteiger partial charge in [-0.25, -0.2) is 8.42 Å². The minimum absolute atomic E-state index is 0.0745. The van der Waals surface area contributed by atoms with E-state index < -0.39 is 9.84 Å². The second kappa shape index (κ2) is 5.22. The average Bonchev–Trinajstić information content (AvgIpc) is 2.25. The van der Waals surface area contributed by atoms with Crippen LogP contribution in [0.5, 0.6) is 0 Å². The van der Waals surface area contributed by atoms with Crippen molar-refractivity contribution in [1.29, 1.82) is 0 Å². The van der Waals surface area contributed by atoms with Crippen molar-refractivity contribution in [3.8, 4) is 0 Å². The summed E-state index contributed by atoms with van der Waals surface area (Å²) in [7, 11) is -1.73. The maximum absolute atomic E-state index is 12.2. The largest absolute Gasteiger partial charge is 0.378 e. The zero-order valence-corrected chi connectivity index (χ0v) is 13.0. The Morgan fingerprint density at radius 2 is 2.00 bits per heavy atom. The van der Waals surface area contributed by atoms with Gasteiger partial charge in [0, 0.05) is 36.5 Å². The zero-order chi connectivity index (χ0) is 14.2. The Morgan fingerprint density at radius 3 is 2.53 bits per heavy atom. The van der Waals surface area contributed by atoms with Crippen LogP contribution in [0, 0.1) is 0 Å². The number of benzene rings is 1. The Hall–Kier alpha value is -0.920. The Bertz CT molecular complexity index is 608. The third kappa shape index (κ3) is 3.16. The quantitative estimate of drug-likeness (QED) is 0.827. The topological polar surface area (TPSA) is 63.7 Å². The fraction of sp³-hybridized carbons (Fsp3) is 0.417. The molecule has 0 atom stereocenters. The van der Waals surface area contributed by atoms with Gasteiger partial charge in [-0.15, -0.1) is 0 Å². The van der Waals surface area contributed by atoms with Gasteiger partial charge in [0.05, 0.1) is 11.0 Å². The van der Waals surface area contributed by atoms with Crippen molar-refractivity contribution in [1.82, 2.24) is 4.90 Å². The maximum atomic E-state index is 12.2. The molecule has 0 bridgehead atoms. The molecule has 19 heavy (non-hydrogen) atoms.